The van der Waals surface area contributed by atoms with Crippen molar-refractivity contribution in [2.45, 2.75) is 25.1 Å². The van der Waals surface area contributed by atoms with Gasteiger partial charge in [-0.1, -0.05) is 0 Å². The SMILES string of the molecule is COC(=O)C(N)CCSCc1ncoc1C. The fraction of sp³-hybridized carbons (Fsp3) is 0.600. The Balaban J connectivity index is 2.17. The van der Waals surface area contributed by atoms with Crippen LogP contribution >= 0.6 is 11.8 Å². The van der Waals surface area contributed by atoms with E-state index < -0.39 is 6.04 Å². The third-order valence-electron chi connectivity index (χ3n) is 2.16. The summed E-state index contributed by atoms with van der Waals surface area (Å²) in [4.78, 5) is 15.1. The minimum absolute atomic E-state index is 0.363. The van der Waals surface area contributed by atoms with Crippen molar-refractivity contribution in [1.82, 2.24) is 4.98 Å². The Kier molecular flexibility index (Phi) is 5.34. The van der Waals surface area contributed by atoms with E-state index in [1.54, 1.807) is 11.8 Å². The molecule has 1 rings (SSSR count). The fourth-order valence-electron chi connectivity index (χ4n) is 1.12. The lowest BCUT2D eigenvalue weighted by Gasteiger charge is -2.07. The molecule has 1 aromatic heterocycles. The fourth-order valence-corrected chi connectivity index (χ4v) is 2.15. The number of methoxy groups -OCH3 is 1. The van der Waals surface area contributed by atoms with Gasteiger partial charge in [-0.15, -0.1) is 0 Å². The molecule has 0 aliphatic heterocycles. The summed E-state index contributed by atoms with van der Waals surface area (Å²) < 4.78 is 9.61. The molecule has 1 atom stereocenters. The van der Waals surface area contributed by atoms with E-state index in [0.29, 0.717) is 6.42 Å². The average Bonchev–Trinajstić information content (AvgIpc) is 2.69. The van der Waals surface area contributed by atoms with Crippen LogP contribution < -0.4 is 5.73 Å². The van der Waals surface area contributed by atoms with Crippen LogP contribution in [0.25, 0.3) is 0 Å². The molecule has 0 aliphatic rings. The normalized spacial score (nSPS) is 12.4. The second-order valence-corrected chi connectivity index (χ2v) is 4.43. The number of hydrogen-bond acceptors (Lipinski definition) is 6. The van der Waals surface area contributed by atoms with Gasteiger partial charge in [-0.2, -0.15) is 11.8 Å². The van der Waals surface area contributed by atoms with Gasteiger partial charge in [0.15, 0.2) is 6.39 Å². The zero-order valence-electron chi connectivity index (χ0n) is 9.43. The summed E-state index contributed by atoms with van der Waals surface area (Å²) >= 11 is 1.67. The monoisotopic (exact) mass is 244 g/mol. The third-order valence-corrected chi connectivity index (χ3v) is 3.16. The van der Waals surface area contributed by atoms with Crippen LogP contribution in [0.5, 0.6) is 0 Å². The van der Waals surface area contributed by atoms with Crippen LogP contribution in [-0.4, -0.2) is 29.9 Å². The molecule has 0 aliphatic carbocycles. The Morgan fingerprint density at radius 2 is 2.50 bits per heavy atom. The number of nitrogens with zero attached hydrogens (tertiary/aromatic N) is 1. The zero-order chi connectivity index (χ0) is 12.0. The molecule has 1 heterocycles. The second-order valence-electron chi connectivity index (χ2n) is 3.33. The summed E-state index contributed by atoms with van der Waals surface area (Å²) in [6.45, 7) is 1.88. The first kappa shape index (κ1) is 13.1. The number of ether oxygens (including phenoxy) is 1. The number of nitrogens with two attached hydrogens (primary N) is 1. The van der Waals surface area contributed by atoms with Gasteiger partial charge < -0.3 is 14.9 Å². The van der Waals surface area contributed by atoms with Crippen molar-refractivity contribution < 1.29 is 13.9 Å². The maximum Gasteiger partial charge on any atom is 0.322 e. The second kappa shape index (κ2) is 6.55. The van der Waals surface area contributed by atoms with E-state index in [-0.39, 0.29) is 5.97 Å². The summed E-state index contributed by atoms with van der Waals surface area (Å²) in [5, 5.41) is 0. The van der Waals surface area contributed by atoms with Crippen LogP contribution in [0.1, 0.15) is 17.9 Å². The van der Waals surface area contributed by atoms with Crippen molar-refractivity contribution in [3.05, 3.63) is 17.8 Å². The number of carbonyl (C=O) groups excluding carboxylic acids is 1. The predicted octanol–water partition coefficient (Wildman–Crippen LogP) is 1.11. The first-order valence-electron chi connectivity index (χ1n) is 4.95. The van der Waals surface area contributed by atoms with E-state index in [1.807, 2.05) is 6.92 Å². The number of aryl methyl sites for hydroxylation is 1. The molecule has 0 saturated heterocycles. The van der Waals surface area contributed by atoms with Gasteiger partial charge >= 0.3 is 5.97 Å². The summed E-state index contributed by atoms with van der Waals surface area (Å²) in [6, 6.07) is -0.532. The van der Waals surface area contributed by atoms with Crippen molar-refractivity contribution >= 4 is 17.7 Å². The quantitative estimate of drug-likeness (QED) is 0.596. The number of aromatic nitrogens is 1. The molecule has 0 aromatic carbocycles. The van der Waals surface area contributed by atoms with Crippen molar-refractivity contribution in [2.75, 3.05) is 12.9 Å². The van der Waals surface area contributed by atoms with E-state index in [9.17, 15) is 4.79 Å². The summed E-state index contributed by atoms with van der Waals surface area (Å²) in [5.41, 5.74) is 6.54. The average molecular weight is 244 g/mol. The standard InChI is InChI=1S/C10H16N2O3S/c1-7-9(12-6-15-7)5-16-4-3-8(11)10(13)14-2/h6,8H,3-5,11H2,1-2H3. The van der Waals surface area contributed by atoms with Gasteiger partial charge in [0.05, 0.1) is 12.8 Å². The lowest BCUT2D eigenvalue weighted by atomic mass is 10.2. The largest absolute Gasteiger partial charge is 0.468 e. The van der Waals surface area contributed by atoms with E-state index in [0.717, 1.165) is 23.0 Å². The molecule has 0 saturated carbocycles. The summed E-state index contributed by atoms with van der Waals surface area (Å²) in [7, 11) is 1.34. The Bertz CT molecular complexity index is 341. The lowest BCUT2D eigenvalue weighted by Crippen LogP contribution is -2.31. The highest BCUT2D eigenvalue weighted by atomic mass is 32.2. The minimum Gasteiger partial charge on any atom is -0.468 e. The molecular weight excluding hydrogens is 228 g/mol. The molecule has 0 bridgehead atoms. The number of hydrogen-bond donors (Lipinski definition) is 1. The van der Waals surface area contributed by atoms with Crippen molar-refractivity contribution in [1.29, 1.82) is 0 Å². The highest BCUT2D eigenvalue weighted by molar-refractivity contribution is 7.98. The third kappa shape index (κ3) is 3.86. The smallest absolute Gasteiger partial charge is 0.322 e. The molecule has 6 heteroatoms. The van der Waals surface area contributed by atoms with Gasteiger partial charge in [0.25, 0.3) is 0 Å². The summed E-state index contributed by atoms with van der Waals surface area (Å²) in [6.07, 6.45) is 2.04. The number of oxazole rings is 1. The first-order valence-corrected chi connectivity index (χ1v) is 6.10. The van der Waals surface area contributed by atoms with E-state index in [4.69, 9.17) is 10.2 Å². The molecule has 0 radical (unpaired) electrons. The molecule has 1 aromatic rings. The molecule has 2 N–H and O–H groups in total. The van der Waals surface area contributed by atoms with Crippen molar-refractivity contribution in [2.24, 2.45) is 5.73 Å². The van der Waals surface area contributed by atoms with Crippen LogP contribution in [-0.2, 0) is 15.3 Å². The number of rotatable bonds is 6. The maximum atomic E-state index is 11.0. The maximum absolute atomic E-state index is 11.0. The molecule has 90 valence electrons. The van der Waals surface area contributed by atoms with Gasteiger partial charge in [-0.3, -0.25) is 4.79 Å². The van der Waals surface area contributed by atoms with Gasteiger partial charge in [-0.25, -0.2) is 4.98 Å². The molecular formula is C10H16N2O3S. The van der Waals surface area contributed by atoms with Gasteiger partial charge in [0.1, 0.15) is 11.8 Å². The van der Waals surface area contributed by atoms with Gasteiger partial charge in [0.2, 0.25) is 0 Å². The predicted molar refractivity (Wildman–Crippen MR) is 62.0 cm³/mol. The van der Waals surface area contributed by atoms with Crippen molar-refractivity contribution in [3.63, 3.8) is 0 Å². The van der Waals surface area contributed by atoms with Crippen LogP contribution in [0.4, 0.5) is 0 Å². The number of carbonyl (C=O) groups is 1. The Morgan fingerprint density at radius 3 is 3.06 bits per heavy atom. The number of esters is 1. The summed E-state index contributed by atoms with van der Waals surface area (Å²) in [5.74, 6) is 2.04. The zero-order valence-corrected chi connectivity index (χ0v) is 10.3. The highest BCUT2D eigenvalue weighted by Gasteiger charge is 2.13. The van der Waals surface area contributed by atoms with Gasteiger partial charge in [0, 0.05) is 5.75 Å². The van der Waals surface area contributed by atoms with E-state index in [1.165, 1.54) is 13.5 Å². The Morgan fingerprint density at radius 1 is 1.75 bits per heavy atom. The van der Waals surface area contributed by atoms with Crippen molar-refractivity contribution in [3.8, 4) is 0 Å². The first-order chi connectivity index (χ1) is 7.65. The van der Waals surface area contributed by atoms with Crippen LogP contribution in [0.2, 0.25) is 0 Å². The Labute approximate surface area is 98.7 Å². The molecule has 1 unspecified atom stereocenters. The molecule has 0 fully saturated rings. The van der Waals surface area contributed by atoms with E-state index in [2.05, 4.69) is 9.72 Å². The van der Waals surface area contributed by atoms with Crippen LogP contribution in [0, 0.1) is 6.92 Å². The molecule has 5 nitrogen and oxygen atoms in total. The topological polar surface area (TPSA) is 78.4 Å². The minimum atomic E-state index is -0.532. The lowest BCUT2D eigenvalue weighted by molar-refractivity contribution is -0.142. The Hall–Kier alpha value is -1.01. The molecule has 16 heavy (non-hydrogen) atoms. The van der Waals surface area contributed by atoms with E-state index >= 15 is 0 Å². The van der Waals surface area contributed by atoms with Crippen LogP contribution in [0.3, 0.4) is 0 Å². The molecule has 0 spiro atoms. The molecule has 0 amide bonds. The highest BCUT2D eigenvalue weighted by Crippen LogP contribution is 2.15. The van der Waals surface area contributed by atoms with Gasteiger partial charge in [-0.05, 0) is 19.1 Å². The van der Waals surface area contributed by atoms with Crippen LogP contribution in [0.15, 0.2) is 10.8 Å². The number of thioether (sulfide) groups is 1.